The lowest BCUT2D eigenvalue weighted by atomic mass is 10.1. The second-order valence-electron chi connectivity index (χ2n) is 3.00. The number of nitrogen functional groups attached to an aromatic ring is 1. The predicted octanol–water partition coefficient (Wildman–Crippen LogP) is 2.78. The average Bonchev–Trinajstić information content (AvgIpc) is 2.12. The molecule has 3 heteroatoms. The normalized spacial score (nSPS) is 10.6. The fourth-order valence-corrected chi connectivity index (χ4v) is 1.48. The van der Waals surface area contributed by atoms with E-state index in [1.807, 2.05) is 25.1 Å². The molecule has 0 spiro atoms. The summed E-state index contributed by atoms with van der Waals surface area (Å²) >= 11 is 5.87. The van der Waals surface area contributed by atoms with Gasteiger partial charge in [0.2, 0.25) is 0 Å². The molecule has 0 fully saturated rings. The van der Waals surface area contributed by atoms with Gasteiger partial charge in [0.1, 0.15) is 0 Å². The number of hydrogen-bond acceptors (Lipinski definition) is 2. The highest BCUT2D eigenvalue weighted by molar-refractivity contribution is 6.31. The van der Waals surface area contributed by atoms with Crippen molar-refractivity contribution in [1.29, 1.82) is 0 Å². The molecule has 2 rings (SSSR count). The molecule has 66 valence electrons. The van der Waals surface area contributed by atoms with Crippen LogP contribution in [0.4, 0.5) is 5.69 Å². The summed E-state index contributed by atoms with van der Waals surface area (Å²) in [5.74, 6) is 0. The van der Waals surface area contributed by atoms with Crippen molar-refractivity contribution in [3.05, 3.63) is 35.0 Å². The monoisotopic (exact) mass is 192 g/mol. The van der Waals surface area contributed by atoms with Crippen LogP contribution in [0.2, 0.25) is 5.02 Å². The topological polar surface area (TPSA) is 38.9 Å². The molecule has 0 radical (unpaired) electrons. The Morgan fingerprint density at radius 2 is 2.15 bits per heavy atom. The first-order chi connectivity index (χ1) is 6.18. The van der Waals surface area contributed by atoms with Gasteiger partial charge in [-0.2, -0.15) is 0 Å². The number of hydrogen-bond donors (Lipinski definition) is 1. The molecule has 0 saturated heterocycles. The Balaban J connectivity index is 2.89. The molecule has 0 saturated carbocycles. The number of aryl methyl sites for hydroxylation is 1. The zero-order valence-electron chi connectivity index (χ0n) is 7.21. The van der Waals surface area contributed by atoms with E-state index in [1.165, 1.54) is 0 Å². The summed E-state index contributed by atoms with van der Waals surface area (Å²) in [4.78, 5) is 4.20. The first-order valence-electron chi connectivity index (χ1n) is 3.99. The van der Waals surface area contributed by atoms with Gasteiger partial charge in [-0.25, -0.2) is 0 Å². The van der Waals surface area contributed by atoms with E-state index in [9.17, 15) is 0 Å². The Labute approximate surface area is 81.3 Å². The van der Waals surface area contributed by atoms with E-state index < -0.39 is 0 Å². The first-order valence-corrected chi connectivity index (χ1v) is 4.36. The van der Waals surface area contributed by atoms with Crippen molar-refractivity contribution in [2.75, 3.05) is 5.73 Å². The quantitative estimate of drug-likeness (QED) is 0.697. The number of nitrogens with zero attached hydrogens (tertiary/aromatic N) is 1. The summed E-state index contributed by atoms with van der Waals surface area (Å²) in [6.07, 6.45) is 1.67. The highest BCUT2D eigenvalue weighted by Crippen LogP contribution is 2.23. The van der Waals surface area contributed by atoms with Crippen molar-refractivity contribution in [2.45, 2.75) is 6.92 Å². The fraction of sp³-hybridized carbons (Fsp3) is 0.100. The van der Waals surface area contributed by atoms with Gasteiger partial charge in [0.05, 0.1) is 17.4 Å². The Morgan fingerprint density at radius 1 is 1.38 bits per heavy atom. The van der Waals surface area contributed by atoms with Crippen LogP contribution in [0.1, 0.15) is 5.56 Å². The van der Waals surface area contributed by atoms with Crippen LogP contribution in [0.5, 0.6) is 0 Å². The number of rotatable bonds is 0. The van der Waals surface area contributed by atoms with Gasteiger partial charge >= 0.3 is 0 Å². The number of anilines is 1. The van der Waals surface area contributed by atoms with E-state index >= 15 is 0 Å². The molecule has 0 aliphatic heterocycles. The number of benzene rings is 1. The van der Waals surface area contributed by atoms with Gasteiger partial charge < -0.3 is 5.73 Å². The predicted molar refractivity (Wildman–Crippen MR) is 55.9 cm³/mol. The maximum absolute atomic E-state index is 5.87. The van der Waals surface area contributed by atoms with Crippen LogP contribution in [-0.4, -0.2) is 4.98 Å². The van der Waals surface area contributed by atoms with E-state index in [4.69, 9.17) is 17.3 Å². The first kappa shape index (κ1) is 8.32. The van der Waals surface area contributed by atoms with Crippen molar-refractivity contribution >= 4 is 28.2 Å². The minimum absolute atomic E-state index is 0.703. The molecule has 0 aliphatic rings. The summed E-state index contributed by atoms with van der Waals surface area (Å²) in [5, 5.41) is 1.73. The third-order valence-corrected chi connectivity index (χ3v) is 2.37. The van der Waals surface area contributed by atoms with Gasteiger partial charge in [0.15, 0.2) is 0 Å². The maximum atomic E-state index is 5.87. The van der Waals surface area contributed by atoms with Crippen molar-refractivity contribution < 1.29 is 0 Å². The molecular formula is C10H9ClN2. The maximum Gasteiger partial charge on any atom is 0.0707 e. The zero-order chi connectivity index (χ0) is 9.42. The second-order valence-corrected chi connectivity index (χ2v) is 3.44. The number of fused-ring (bicyclic) bond motifs is 1. The molecule has 0 amide bonds. The fourth-order valence-electron chi connectivity index (χ4n) is 1.31. The summed E-state index contributed by atoms with van der Waals surface area (Å²) in [6.45, 7) is 1.97. The van der Waals surface area contributed by atoms with Crippen LogP contribution < -0.4 is 5.73 Å². The van der Waals surface area contributed by atoms with E-state index in [1.54, 1.807) is 6.20 Å². The molecule has 1 aromatic carbocycles. The summed E-state index contributed by atoms with van der Waals surface area (Å²) in [7, 11) is 0. The van der Waals surface area contributed by atoms with Crippen molar-refractivity contribution in [1.82, 2.24) is 4.98 Å². The molecular weight excluding hydrogens is 184 g/mol. The number of halogens is 1. The van der Waals surface area contributed by atoms with E-state index in [0.717, 1.165) is 16.5 Å². The van der Waals surface area contributed by atoms with Gasteiger partial charge in [-0.15, -0.1) is 0 Å². The van der Waals surface area contributed by atoms with Gasteiger partial charge in [0.25, 0.3) is 0 Å². The largest absolute Gasteiger partial charge is 0.397 e. The molecule has 1 aromatic heterocycles. The van der Waals surface area contributed by atoms with Crippen LogP contribution in [0.15, 0.2) is 24.4 Å². The second kappa shape index (κ2) is 2.89. The van der Waals surface area contributed by atoms with Crippen molar-refractivity contribution in [2.24, 2.45) is 0 Å². The lowest BCUT2D eigenvalue weighted by Crippen LogP contribution is -1.92. The van der Waals surface area contributed by atoms with Gasteiger partial charge in [0, 0.05) is 10.4 Å². The number of nitrogens with two attached hydrogens (primary N) is 1. The third-order valence-electron chi connectivity index (χ3n) is 2.14. The highest BCUT2D eigenvalue weighted by Gasteiger charge is 2.01. The number of aromatic nitrogens is 1. The van der Waals surface area contributed by atoms with Crippen LogP contribution in [0.25, 0.3) is 10.9 Å². The molecule has 0 bridgehead atoms. The van der Waals surface area contributed by atoms with Crippen LogP contribution in [0, 0.1) is 6.92 Å². The molecule has 2 nitrogen and oxygen atoms in total. The van der Waals surface area contributed by atoms with Crippen LogP contribution >= 0.6 is 11.6 Å². The van der Waals surface area contributed by atoms with Crippen LogP contribution in [-0.2, 0) is 0 Å². The Hall–Kier alpha value is -1.28. The van der Waals surface area contributed by atoms with Crippen molar-refractivity contribution in [3.8, 4) is 0 Å². The standard InChI is InChI=1S/C10H9ClN2/c1-6-8-4-7(11)2-3-10(8)13-5-9(6)12/h2-5H,12H2,1H3. The lowest BCUT2D eigenvalue weighted by molar-refractivity contribution is 1.37. The average molecular weight is 193 g/mol. The van der Waals surface area contributed by atoms with E-state index in [0.29, 0.717) is 10.7 Å². The van der Waals surface area contributed by atoms with E-state index in [2.05, 4.69) is 4.98 Å². The molecule has 0 aliphatic carbocycles. The molecule has 0 unspecified atom stereocenters. The van der Waals surface area contributed by atoms with Crippen molar-refractivity contribution in [3.63, 3.8) is 0 Å². The Morgan fingerprint density at radius 3 is 2.92 bits per heavy atom. The SMILES string of the molecule is Cc1c(N)cnc2ccc(Cl)cc12. The third kappa shape index (κ3) is 1.33. The molecule has 1 heterocycles. The Bertz CT molecular complexity index is 460. The Kier molecular flexibility index (Phi) is 1.85. The smallest absolute Gasteiger partial charge is 0.0707 e. The molecule has 0 atom stereocenters. The minimum atomic E-state index is 0.703. The number of pyridine rings is 1. The summed E-state index contributed by atoms with van der Waals surface area (Å²) in [6, 6.07) is 5.60. The van der Waals surface area contributed by atoms with E-state index in [-0.39, 0.29) is 0 Å². The molecule has 13 heavy (non-hydrogen) atoms. The molecule has 2 N–H and O–H groups in total. The van der Waals surface area contributed by atoms with Gasteiger partial charge in [-0.1, -0.05) is 11.6 Å². The van der Waals surface area contributed by atoms with Gasteiger partial charge in [-0.3, -0.25) is 4.98 Å². The highest BCUT2D eigenvalue weighted by atomic mass is 35.5. The van der Waals surface area contributed by atoms with Crippen LogP contribution in [0.3, 0.4) is 0 Å². The minimum Gasteiger partial charge on any atom is -0.397 e. The zero-order valence-corrected chi connectivity index (χ0v) is 7.97. The van der Waals surface area contributed by atoms with Gasteiger partial charge in [-0.05, 0) is 30.7 Å². The lowest BCUT2D eigenvalue weighted by Gasteiger charge is -2.04. The summed E-state index contributed by atoms with van der Waals surface area (Å²) in [5.41, 5.74) is 8.40. The molecule has 2 aromatic rings. The summed E-state index contributed by atoms with van der Waals surface area (Å²) < 4.78 is 0.